The smallest absolute Gasteiger partial charge is 0.420 e. The fourth-order valence-corrected chi connectivity index (χ4v) is 4.31. The van der Waals surface area contributed by atoms with Gasteiger partial charge in [-0.2, -0.15) is 4.31 Å². The summed E-state index contributed by atoms with van der Waals surface area (Å²) in [6, 6.07) is 4.22. The van der Waals surface area contributed by atoms with Crippen molar-refractivity contribution >= 4 is 27.1 Å². The van der Waals surface area contributed by atoms with Crippen molar-refractivity contribution in [3.05, 3.63) is 28.7 Å². The van der Waals surface area contributed by atoms with E-state index in [1.807, 2.05) is 7.05 Å². The number of likely N-dealkylation sites (N-methyl/N-ethyl adjacent to an activating group) is 1. The predicted octanol–water partition coefficient (Wildman–Crippen LogP) is 0.0937. The molecule has 0 bridgehead atoms. The van der Waals surface area contributed by atoms with E-state index in [0.717, 1.165) is 4.57 Å². The number of carbonyl (C=O) groups excluding carboxylic acids is 1. The first-order valence-electron chi connectivity index (χ1n) is 8.30. The van der Waals surface area contributed by atoms with Gasteiger partial charge in [0.15, 0.2) is 5.58 Å². The van der Waals surface area contributed by atoms with Gasteiger partial charge in [0.25, 0.3) is 0 Å². The van der Waals surface area contributed by atoms with Gasteiger partial charge in [0.2, 0.25) is 10.0 Å². The molecule has 1 saturated heterocycles. The number of benzene rings is 1. The molecule has 2 aromatic rings. The Labute approximate surface area is 150 Å². The number of esters is 1. The molecule has 0 saturated carbocycles. The van der Waals surface area contributed by atoms with Crippen molar-refractivity contribution in [3.63, 3.8) is 0 Å². The topological polar surface area (TPSA) is 102 Å². The lowest BCUT2D eigenvalue weighted by atomic mass is 10.3. The third kappa shape index (κ3) is 3.53. The van der Waals surface area contributed by atoms with Gasteiger partial charge in [-0.1, -0.05) is 0 Å². The molecule has 1 aliphatic heterocycles. The van der Waals surface area contributed by atoms with Crippen molar-refractivity contribution < 1.29 is 22.4 Å². The SMILES string of the molecule is CCOC(=O)Cn1c(=O)oc2cc(S(=O)(=O)N3CCN(C)CC3)ccc21. The lowest BCUT2D eigenvalue weighted by Gasteiger charge is -2.31. The number of oxazole rings is 1. The summed E-state index contributed by atoms with van der Waals surface area (Å²) in [6.07, 6.45) is 0. The third-order valence-electron chi connectivity index (χ3n) is 4.33. The molecular weight excluding hydrogens is 362 g/mol. The van der Waals surface area contributed by atoms with E-state index in [1.165, 1.54) is 22.5 Å². The van der Waals surface area contributed by atoms with E-state index in [1.54, 1.807) is 6.92 Å². The summed E-state index contributed by atoms with van der Waals surface area (Å²) in [4.78, 5) is 25.8. The molecule has 1 fully saturated rings. The molecule has 0 radical (unpaired) electrons. The van der Waals surface area contributed by atoms with Crippen LogP contribution in [0.4, 0.5) is 0 Å². The molecule has 0 atom stereocenters. The molecule has 1 aliphatic rings. The van der Waals surface area contributed by atoms with Gasteiger partial charge in [-0.15, -0.1) is 0 Å². The minimum atomic E-state index is -3.67. The standard InChI is InChI=1S/C16H21N3O6S/c1-3-24-15(20)11-19-13-5-4-12(10-14(13)25-16(19)21)26(22,23)18-8-6-17(2)7-9-18/h4-5,10H,3,6-9,11H2,1-2H3. The first kappa shape index (κ1) is 18.6. The summed E-state index contributed by atoms with van der Waals surface area (Å²) >= 11 is 0. The third-order valence-corrected chi connectivity index (χ3v) is 6.23. The zero-order valence-corrected chi connectivity index (χ0v) is 15.5. The number of nitrogens with zero attached hydrogens (tertiary/aromatic N) is 3. The average molecular weight is 383 g/mol. The van der Waals surface area contributed by atoms with Crippen molar-refractivity contribution in [2.45, 2.75) is 18.4 Å². The highest BCUT2D eigenvalue weighted by Crippen LogP contribution is 2.22. The van der Waals surface area contributed by atoms with Crippen molar-refractivity contribution in [3.8, 4) is 0 Å². The van der Waals surface area contributed by atoms with Crippen LogP contribution in [0.5, 0.6) is 0 Å². The first-order valence-corrected chi connectivity index (χ1v) is 9.74. The Balaban J connectivity index is 1.93. The normalized spacial score (nSPS) is 16.8. The maximum Gasteiger partial charge on any atom is 0.420 e. The first-order chi connectivity index (χ1) is 12.3. The van der Waals surface area contributed by atoms with Crippen molar-refractivity contribution in [2.75, 3.05) is 39.8 Å². The number of fused-ring (bicyclic) bond motifs is 1. The zero-order chi connectivity index (χ0) is 18.9. The maximum absolute atomic E-state index is 12.8. The molecule has 9 nitrogen and oxygen atoms in total. The van der Waals surface area contributed by atoms with E-state index < -0.39 is 21.7 Å². The zero-order valence-electron chi connectivity index (χ0n) is 14.7. The summed E-state index contributed by atoms with van der Waals surface area (Å²) in [5.41, 5.74) is 0.467. The number of sulfonamides is 1. The molecule has 0 aliphatic carbocycles. The molecule has 3 rings (SSSR count). The summed E-state index contributed by atoms with van der Waals surface area (Å²) in [5, 5.41) is 0. The van der Waals surface area contributed by atoms with Crippen LogP contribution in [0.3, 0.4) is 0 Å². The molecule has 0 spiro atoms. The predicted molar refractivity (Wildman–Crippen MR) is 93.4 cm³/mol. The number of hydrogen-bond acceptors (Lipinski definition) is 7. The largest absolute Gasteiger partial charge is 0.465 e. The number of piperazine rings is 1. The highest BCUT2D eigenvalue weighted by molar-refractivity contribution is 7.89. The summed E-state index contributed by atoms with van der Waals surface area (Å²) in [5.74, 6) is -1.30. The molecule has 1 aromatic heterocycles. The van der Waals surface area contributed by atoms with Crippen LogP contribution in [-0.2, 0) is 26.1 Å². The second-order valence-electron chi connectivity index (χ2n) is 6.10. The van der Waals surface area contributed by atoms with Crippen molar-refractivity contribution in [1.82, 2.24) is 13.8 Å². The summed E-state index contributed by atoms with van der Waals surface area (Å²) < 4.78 is 38.1. The van der Waals surface area contributed by atoms with E-state index in [4.69, 9.17) is 9.15 Å². The van der Waals surface area contributed by atoms with Gasteiger partial charge in [0, 0.05) is 32.2 Å². The lowest BCUT2D eigenvalue weighted by Crippen LogP contribution is -2.46. The fourth-order valence-electron chi connectivity index (χ4n) is 2.87. The molecule has 10 heteroatoms. The number of aromatic nitrogens is 1. The van der Waals surface area contributed by atoms with Gasteiger partial charge in [-0.05, 0) is 26.1 Å². The molecule has 0 unspecified atom stereocenters. The van der Waals surface area contributed by atoms with E-state index in [0.29, 0.717) is 31.7 Å². The average Bonchev–Trinajstić information content (AvgIpc) is 2.90. The van der Waals surface area contributed by atoms with E-state index in [9.17, 15) is 18.0 Å². The van der Waals surface area contributed by atoms with Gasteiger partial charge in [0.05, 0.1) is 17.0 Å². The molecule has 1 aromatic carbocycles. The number of hydrogen-bond donors (Lipinski definition) is 0. The lowest BCUT2D eigenvalue weighted by molar-refractivity contribution is -0.143. The van der Waals surface area contributed by atoms with Crippen LogP contribution in [-0.4, -0.2) is 68.0 Å². The fraction of sp³-hybridized carbons (Fsp3) is 0.500. The van der Waals surface area contributed by atoms with Crippen LogP contribution in [0.25, 0.3) is 11.1 Å². The van der Waals surface area contributed by atoms with Crippen LogP contribution in [0.15, 0.2) is 32.3 Å². The van der Waals surface area contributed by atoms with Gasteiger partial charge < -0.3 is 14.1 Å². The Morgan fingerprint density at radius 1 is 1.23 bits per heavy atom. The summed E-state index contributed by atoms with van der Waals surface area (Å²) in [6.45, 7) is 3.72. The number of carbonyl (C=O) groups is 1. The minimum absolute atomic E-state index is 0.0617. The van der Waals surface area contributed by atoms with Crippen molar-refractivity contribution in [2.24, 2.45) is 0 Å². The Bertz CT molecular complexity index is 970. The highest BCUT2D eigenvalue weighted by Gasteiger charge is 2.28. The van der Waals surface area contributed by atoms with Crippen LogP contribution in [0, 0.1) is 0 Å². The van der Waals surface area contributed by atoms with Crippen LogP contribution >= 0.6 is 0 Å². The molecule has 2 heterocycles. The van der Waals surface area contributed by atoms with Crippen molar-refractivity contribution in [1.29, 1.82) is 0 Å². The van der Waals surface area contributed by atoms with Crippen LogP contribution in [0.1, 0.15) is 6.92 Å². The second kappa shape index (κ2) is 7.22. The molecule has 0 amide bonds. The molecule has 142 valence electrons. The molecule has 0 N–H and O–H groups in total. The summed E-state index contributed by atoms with van der Waals surface area (Å²) in [7, 11) is -1.73. The van der Waals surface area contributed by atoms with Crippen LogP contribution in [0.2, 0.25) is 0 Å². The van der Waals surface area contributed by atoms with Gasteiger partial charge >= 0.3 is 11.7 Å². The Morgan fingerprint density at radius 3 is 2.58 bits per heavy atom. The Kier molecular flexibility index (Phi) is 5.17. The monoisotopic (exact) mass is 383 g/mol. The Morgan fingerprint density at radius 2 is 1.92 bits per heavy atom. The van der Waals surface area contributed by atoms with Crippen LogP contribution < -0.4 is 5.76 Å². The van der Waals surface area contributed by atoms with Gasteiger partial charge in [-0.25, -0.2) is 13.2 Å². The number of rotatable bonds is 5. The Hall–Kier alpha value is -2.17. The van der Waals surface area contributed by atoms with E-state index in [2.05, 4.69) is 4.90 Å². The van der Waals surface area contributed by atoms with E-state index in [-0.39, 0.29) is 23.6 Å². The van der Waals surface area contributed by atoms with Gasteiger partial charge in [-0.3, -0.25) is 9.36 Å². The quantitative estimate of drug-likeness (QED) is 0.675. The second-order valence-corrected chi connectivity index (χ2v) is 8.03. The maximum atomic E-state index is 12.8. The van der Waals surface area contributed by atoms with E-state index >= 15 is 0 Å². The molecular formula is C16H21N3O6S. The van der Waals surface area contributed by atoms with Gasteiger partial charge in [0.1, 0.15) is 6.54 Å². The molecule has 26 heavy (non-hydrogen) atoms. The number of ether oxygens (including phenoxy) is 1. The minimum Gasteiger partial charge on any atom is -0.465 e. The highest BCUT2D eigenvalue weighted by atomic mass is 32.2.